The molecule has 0 bridgehead atoms. The number of ether oxygens (including phenoxy) is 2. The van der Waals surface area contributed by atoms with Gasteiger partial charge in [-0.05, 0) is 55.3 Å². The minimum Gasteiger partial charge on any atom is -0.497 e. The number of hydrogen-bond donors (Lipinski definition) is 1. The summed E-state index contributed by atoms with van der Waals surface area (Å²) in [7, 11) is -2.11. The Balaban J connectivity index is 1.28. The normalized spacial score (nSPS) is 24.2. The molecule has 0 spiro atoms. The third-order valence-electron chi connectivity index (χ3n) is 5.72. The van der Waals surface area contributed by atoms with Crippen molar-refractivity contribution in [3.05, 3.63) is 59.7 Å². The SMILES string of the molecule is COc1ccc(S(=O)(=O)NC[C@H]2CC[C@H]3[C@H](CN3Cc3cc(F)ccc3F)O2)cc1. The second-order valence-electron chi connectivity index (χ2n) is 7.63. The second-order valence-corrected chi connectivity index (χ2v) is 9.40. The summed E-state index contributed by atoms with van der Waals surface area (Å²) in [5.74, 6) is -0.279. The first-order valence-corrected chi connectivity index (χ1v) is 11.3. The first-order chi connectivity index (χ1) is 14.4. The van der Waals surface area contributed by atoms with Crippen LogP contribution in [0.25, 0.3) is 0 Å². The van der Waals surface area contributed by atoms with Crippen molar-refractivity contribution in [2.75, 3.05) is 20.2 Å². The first kappa shape index (κ1) is 21.2. The summed E-state index contributed by atoms with van der Waals surface area (Å²) in [5, 5.41) is 0. The summed E-state index contributed by atoms with van der Waals surface area (Å²) in [5.41, 5.74) is 0.336. The van der Waals surface area contributed by atoms with Crippen molar-refractivity contribution in [1.82, 2.24) is 9.62 Å². The molecule has 2 fully saturated rings. The van der Waals surface area contributed by atoms with Crippen molar-refractivity contribution in [2.45, 2.75) is 42.5 Å². The topological polar surface area (TPSA) is 67.9 Å². The van der Waals surface area contributed by atoms with E-state index in [1.807, 2.05) is 0 Å². The minimum atomic E-state index is -3.63. The van der Waals surface area contributed by atoms with Crippen LogP contribution in [0.4, 0.5) is 8.78 Å². The van der Waals surface area contributed by atoms with E-state index in [0.717, 1.165) is 18.6 Å². The summed E-state index contributed by atoms with van der Waals surface area (Å²) in [4.78, 5) is 2.24. The van der Waals surface area contributed by atoms with Crippen LogP contribution in [0.5, 0.6) is 5.75 Å². The fourth-order valence-electron chi connectivity index (χ4n) is 4.02. The Hall–Kier alpha value is -2.07. The molecule has 2 heterocycles. The van der Waals surface area contributed by atoms with E-state index >= 15 is 0 Å². The van der Waals surface area contributed by atoms with E-state index in [-0.39, 0.29) is 29.7 Å². The number of sulfonamides is 1. The number of benzene rings is 2. The molecule has 0 aliphatic carbocycles. The average molecular weight is 438 g/mol. The van der Waals surface area contributed by atoms with Gasteiger partial charge in [-0.1, -0.05) is 0 Å². The number of likely N-dealkylation sites (tertiary alicyclic amines) is 1. The Morgan fingerprint density at radius 3 is 2.63 bits per heavy atom. The number of nitrogens with one attached hydrogen (secondary N) is 1. The van der Waals surface area contributed by atoms with Crippen molar-refractivity contribution >= 4 is 10.0 Å². The van der Waals surface area contributed by atoms with Crippen molar-refractivity contribution in [2.24, 2.45) is 0 Å². The highest BCUT2D eigenvalue weighted by molar-refractivity contribution is 7.89. The quantitative estimate of drug-likeness (QED) is 0.720. The van der Waals surface area contributed by atoms with Crippen LogP contribution in [0.15, 0.2) is 47.4 Å². The molecule has 0 amide bonds. The average Bonchev–Trinajstić information content (AvgIpc) is 2.73. The molecule has 162 valence electrons. The number of halogens is 2. The van der Waals surface area contributed by atoms with Crippen LogP contribution in [0, 0.1) is 11.6 Å². The molecule has 2 aliphatic heterocycles. The van der Waals surface area contributed by atoms with Gasteiger partial charge in [0.1, 0.15) is 17.4 Å². The minimum absolute atomic E-state index is 0.0224. The molecule has 30 heavy (non-hydrogen) atoms. The maximum atomic E-state index is 13.9. The Morgan fingerprint density at radius 1 is 1.17 bits per heavy atom. The van der Waals surface area contributed by atoms with Gasteiger partial charge >= 0.3 is 0 Å². The zero-order chi connectivity index (χ0) is 21.3. The molecule has 2 saturated heterocycles. The molecular weight excluding hydrogens is 414 g/mol. The molecule has 2 aliphatic rings. The lowest BCUT2D eigenvalue weighted by Gasteiger charge is -2.52. The van der Waals surface area contributed by atoms with Crippen LogP contribution < -0.4 is 9.46 Å². The highest BCUT2D eigenvalue weighted by Crippen LogP contribution is 2.33. The molecular formula is C21H24F2N2O4S. The summed E-state index contributed by atoms with van der Waals surface area (Å²) < 4.78 is 65.9. The van der Waals surface area contributed by atoms with E-state index < -0.39 is 21.7 Å². The third kappa shape index (κ3) is 4.49. The summed E-state index contributed by atoms with van der Waals surface area (Å²) in [6.45, 7) is 1.14. The van der Waals surface area contributed by atoms with Crippen LogP contribution in [-0.2, 0) is 21.3 Å². The Labute approximate surface area is 174 Å². The molecule has 2 aromatic rings. The van der Waals surface area contributed by atoms with Crippen LogP contribution in [0.2, 0.25) is 0 Å². The van der Waals surface area contributed by atoms with E-state index in [2.05, 4.69) is 9.62 Å². The number of methoxy groups -OCH3 is 1. The molecule has 6 nitrogen and oxygen atoms in total. The molecule has 0 unspecified atom stereocenters. The maximum Gasteiger partial charge on any atom is 0.240 e. The van der Waals surface area contributed by atoms with Gasteiger partial charge in [-0.25, -0.2) is 21.9 Å². The Morgan fingerprint density at radius 2 is 1.93 bits per heavy atom. The van der Waals surface area contributed by atoms with Crippen molar-refractivity contribution in [3.8, 4) is 5.75 Å². The molecule has 4 rings (SSSR count). The predicted octanol–water partition coefficient (Wildman–Crippen LogP) is 2.68. The van der Waals surface area contributed by atoms with Crippen LogP contribution in [0.3, 0.4) is 0 Å². The predicted molar refractivity (Wildman–Crippen MR) is 107 cm³/mol. The Kier molecular flexibility index (Phi) is 6.06. The highest BCUT2D eigenvalue weighted by atomic mass is 32.2. The maximum absolute atomic E-state index is 13.9. The van der Waals surface area contributed by atoms with E-state index in [0.29, 0.717) is 30.8 Å². The van der Waals surface area contributed by atoms with Gasteiger partial charge < -0.3 is 9.47 Å². The van der Waals surface area contributed by atoms with E-state index in [1.54, 1.807) is 12.1 Å². The van der Waals surface area contributed by atoms with E-state index in [9.17, 15) is 17.2 Å². The van der Waals surface area contributed by atoms with Crippen molar-refractivity contribution < 1.29 is 26.7 Å². The van der Waals surface area contributed by atoms with Gasteiger partial charge in [0, 0.05) is 31.2 Å². The monoisotopic (exact) mass is 438 g/mol. The largest absolute Gasteiger partial charge is 0.497 e. The molecule has 0 aromatic heterocycles. The smallest absolute Gasteiger partial charge is 0.240 e. The molecule has 9 heteroatoms. The summed E-state index contributed by atoms with van der Waals surface area (Å²) >= 11 is 0. The Bertz CT molecular complexity index is 1000. The highest BCUT2D eigenvalue weighted by Gasteiger charge is 2.44. The van der Waals surface area contributed by atoms with E-state index in [1.165, 1.54) is 25.3 Å². The van der Waals surface area contributed by atoms with Crippen LogP contribution in [-0.4, -0.2) is 51.8 Å². The molecule has 0 saturated carbocycles. The number of fused-ring (bicyclic) bond motifs is 1. The van der Waals surface area contributed by atoms with Gasteiger partial charge in [0.05, 0.1) is 24.2 Å². The molecule has 2 aromatic carbocycles. The summed E-state index contributed by atoms with van der Waals surface area (Å²) in [6.07, 6.45) is 1.27. The number of nitrogens with zero attached hydrogens (tertiary/aromatic N) is 1. The van der Waals surface area contributed by atoms with Gasteiger partial charge in [0.25, 0.3) is 0 Å². The molecule has 3 atom stereocenters. The lowest BCUT2D eigenvalue weighted by Crippen LogP contribution is -2.64. The van der Waals surface area contributed by atoms with Gasteiger partial charge in [-0.15, -0.1) is 0 Å². The lowest BCUT2D eigenvalue weighted by molar-refractivity contribution is -0.168. The van der Waals surface area contributed by atoms with Crippen molar-refractivity contribution in [1.29, 1.82) is 0 Å². The third-order valence-corrected chi connectivity index (χ3v) is 7.16. The van der Waals surface area contributed by atoms with E-state index in [4.69, 9.17) is 9.47 Å². The van der Waals surface area contributed by atoms with Gasteiger partial charge in [-0.2, -0.15) is 0 Å². The van der Waals surface area contributed by atoms with Crippen LogP contribution in [0.1, 0.15) is 18.4 Å². The fraction of sp³-hybridized carbons (Fsp3) is 0.429. The lowest BCUT2D eigenvalue weighted by atomic mass is 9.89. The summed E-state index contributed by atoms with van der Waals surface area (Å²) in [6, 6.07) is 9.80. The van der Waals surface area contributed by atoms with Gasteiger partial charge in [-0.3, -0.25) is 4.90 Å². The van der Waals surface area contributed by atoms with Crippen LogP contribution >= 0.6 is 0 Å². The number of rotatable bonds is 7. The molecule has 0 radical (unpaired) electrons. The number of hydrogen-bond acceptors (Lipinski definition) is 5. The van der Waals surface area contributed by atoms with Gasteiger partial charge in [0.15, 0.2) is 0 Å². The first-order valence-electron chi connectivity index (χ1n) is 9.83. The molecule has 1 N–H and O–H groups in total. The second kappa shape index (κ2) is 8.58. The van der Waals surface area contributed by atoms with Gasteiger partial charge in [0.2, 0.25) is 10.0 Å². The zero-order valence-corrected chi connectivity index (χ0v) is 17.4. The zero-order valence-electron chi connectivity index (χ0n) is 16.6. The van der Waals surface area contributed by atoms with Crippen molar-refractivity contribution in [3.63, 3.8) is 0 Å². The standard InChI is InChI=1S/C21H24F2N2O4S/c1-28-16-3-6-18(7-4-16)30(26,27)24-11-17-5-9-20-21(29-17)13-25(20)12-14-10-15(22)2-8-19(14)23/h2-4,6-8,10,17,20-21,24H,5,9,11-13H2,1H3/t17-,20+,21+/m1/s1. The fourth-order valence-corrected chi connectivity index (χ4v) is 5.08.